The molecule has 0 aliphatic carbocycles. The number of fused-ring (bicyclic) bond motifs is 2. The summed E-state index contributed by atoms with van der Waals surface area (Å²) in [7, 11) is 0. The topological polar surface area (TPSA) is 104 Å². The van der Waals surface area contributed by atoms with Gasteiger partial charge in [-0.15, -0.1) is 0 Å². The van der Waals surface area contributed by atoms with Crippen LogP contribution in [0.25, 0.3) is 0 Å². The summed E-state index contributed by atoms with van der Waals surface area (Å²) < 4.78 is 82.9. The Kier molecular flexibility index (Phi) is 7.64. The number of pyridine rings is 2. The lowest BCUT2D eigenvalue weighted by Gasteiger charge is -2.43. The lowest BCUT2D eigenvalue weighted by atomic mass is 9.81. The van der Waals surface area contributed by atoms with Crippen molar-refractivity contribution in [3.05, 3.63) is 88.1 Å². The Morgan fingerprint density at radius 1 is 1.10 bits per heavy atom. The third-order valence-electron chi connectivity index (χ3n) is 7.40. The molecule has 42 heavy (non-hydrogen) atoms. The first-order valence-electron chi connectivity index (χ1n) is 12.8. The fourth-order valence-corrected chi connectivity index (χ4v) is 5.38. The second kappa shape index (κ2) is 11.1. The quantitative estimate of drug-likeness (QED) is 0.352. The minimum Gasteiger partial charge on any atom is -0.340 e. The van der Waals surface area contributed by atoms with Gasteiger partial charge in [-0.1, -0.05) is 6.07 Å². The summed E-state index contributed by atoms with van der Waals surface area (Å²) in [5.74, 6) is -7.44. The van der Waals surface area contributed by atoms with Crippen LogP contribution in [0.15, 0.2) is 42.7 Å². The number of hydrogen-bond donors (Lipinski definition) is 2. The zero-order valence-electron chi connectivity index (χ0n) is 21.9. The average molecular weight is 592 g/mol. The van der Waals surface area contributed by atoms with E-state index in [-0.39, 0.29) is 12.0 Å². The molecule has 14 heteroatoms. The summed E-state index contributed by atoms with van der Waals surface area (Å²) in [5.41, 5.74) is 0.963. The molecule has 0 unspecified atom stereocenters. The fourth-order valence-electron chi connectivity index (χ4n) is 5.38. The first-order chi connectivity index (χ1) is 19.8. The Morgan fingerprint density at radius 2 is 1.86 bits per heavy atom. The monoisotopic (exact) mass is 591 g/mol. The van der Waals surface area contributed by atoms with Crippen molar-refractivity contribution in [1.82, 2.24) is 20.2 Å². The first kappa shape index (κ1) is 29.0. The van der Waals surface area contributed by atoms with Gasteiger partial charge in [0, 0.05) is 48.1 Å². The van der Waals surface area contributed by atoms with Crippen molar-refractivity contribution in [2.45, 2.75) is 50.4 Å². The number of nitrogens with one attached hydrogen (secondary N) is 2. The van der Waals surface area contributed by atoms with Crippen LogP contribution in [0.3, 0.4) is 0 Å². The molecule has 4 heterocycles. The van der Waals surface area contributed by atoms with E-state index in [0.717, 1.165) is 0 Å². The lowest BCUT2D eigenvalue weighted by molar-refractivity contribution is -0.170. The van der Waals surface area contributed by atoms with Crippen LogP contribution < -0.4 is 10.6 Å². The number of benzene rings is 1. The summed E-state index contributed by atoms with van der Waals surface area (Å²) in [6, 6.07) is 2.90. The van der Waals surface area contributed by atoms with Gasteiger partial charge in [0.05, 0.1) is 12.0 Å². The van der Waals surface area contributed by atoms with Crippen molar-refractivity contribution in [1.29, 1.82) is 0 Å². The molecular formula is C28H23F6N5O3. The van der Waals surface area contributed by atoms with Crippen LogP contribution >= 0.6 is 0 Å². The summed E-state index contributed by atoms with van der Waals surface area (Å²) in [5, 5.41) is 5.05. The second-order valence-corrected chi connectivity index (χ2v) is 10.2. The lowest BCUT2D eigenvalue weighted by Crippen LogP contribution is -2.59. The smallest absolute Gasteiger partial charge is 0.340 e. The maximum Gasteiger partial charge on any atom is 0.406 e. The molecule has 1 fully saturated rings. The molecule has 5 rings (SSSR count). The Bertz CT molecular complexity index is 1580. The number of hydrogen-bond acceptors (Lipinski definition) is 5. The van der Waals surface area contributed by atoms with Crippen molar-refractivity contribution in [2.24, 2.45) is 0 Å². The number of aromatic nitrogens is 2. The van der Waals surface area contributed by atoms with Crippen LogP contribution in [0.1, 0.15) is 52.0 Å². The molecule has 3 aromatic rings. The molecule has 2 aromatic heterocycles. The summed E-state index contributed by atoms with van der Waals surface area (Å²) in [6.45, 7) is -0.507. The Morgan fingerprint density at radius 3 is 2.60 bits per heavy atom. The van der Waals surface area contributed by atoms with Crippen LogP contribution in [-0.4, -0.2) is 57.4 Å². The molecule has 0 bridgehead atoms. The minimum atomic E-state index is -4.85. The number of rotatable bonds is 4. The fraction of sp³-hybridized carbons (Fsp3) is 0.321. The highest BCUT2D eigenvalue weighted by molar-refractivity contribution is 5.98. The summed E-state index contributed by atoms with van der Waals surface area (Å²) in [6.07, 6.45) is -2.40. The van der Waals surface area contributed by atoms with Gasteiger partial charge in [0.15, 0.2) is 11.6 Å². The molecule has 8 nitrogen and oxygen atoms in total. The van der Waals surface area contributed by atoms with Crippen LogP contribution in [0.2, 0.25) is 0 Å². The summed E-state index contributed by atoms with van der Waals surface area (Å²) in [4.78, 5) is 47.8. The van der Waals surface area contributed by atoms with Crippen molar-refractivity contribution >= 4 is 23.5 Å². The molecule has 2 aliphatic heterocycles. The third kappa shape index (κ3) is 5.92. The molecule has 3 amide bonds. The number of halogens is 6. The number of alkyl halides is 3. The number of amides is 3. The number of anilines is 1. The number of carbonyl (C=O) groups excluding carboxylic acids is 3. The van der Waals surface area contributed by atoms with Gasteiger partial charge in [-0.05, 0) is 42.7 Å². The second-order valence-electron chi connectivity index (χ2n) is 10.2. The number of carbonyl (C=O) groups is 3. The zero-order valence-corrected chi connectivity index (χ0v) is 21.9. The highest BCUT2D eigenvalue weighted by Crippen LogP contribution is 2.37. The van der Waals surface area contributed by atoms with Gasteiger partial charge >= 0.3 is 6.18 Å². The van der Waals surface area contributed by atoms with E-state index < -0.39 is 77.9 Å². The van der Waals surface area contributed by atoms with E-state index in [9.17, 15) is 40.7 Å². The van der Waals surface area contributed by atoms with Gasteiger partial charge < -0.3 is 15.5 Å². The summed E-state index contributed by atoms with van der Waals surface area (Å²) >= 11 is 0. The van der Waals surface area contributed by atoms with Crippen LogP contribution in [0, 0.1) is 17.5 Å². The van der Waals surface area contributed by atoms with Gasteiger partial charge in [0.25, 0.3) is 5.91 Å². The maximum absolute atomic E-state index is 14.7. The molecule has 0 spiro atoms. The number of piperidine rings is 1. The molecular weight excluding hydrogens is 568 g/mol. The largest absolute Gasteiger partial charge is 0.406 e. The highest BCUT2D eigenvalue weighted by atomic mass is 19.4. The number of nitrogens with zero attached hydrogens (tertiary/aromatic N) is 3. The normalized spacial score (nSPS) is 20.6. The van der Waals surface area contributed by atoms with Crippen molar-refractivity contribution in [3.63, 3.8) is 0 Å². The first-order valence-corrected chi connectivity index (χ1v) is 12.8. The predicted octanol–water partition coefficient (Wildman–Crippen LogP) is 4.04. The molecule has 0 radical (unpaired) electrons. The van der Waals surface area contributed by atoms with Gasteiger partial charge in [0.1, 0.15) is 24.2 Å². The van der Waals surface area contributed by atoms with E-state index in [1.54, 1.807) is 12.1 Å². The van der Waals surface area contributed by atoms with Crippen molar-refractivity contribution < 1.29 is 40.7 Å². The Labute approximate surface area is 235 Å². The standard InChI is InChI=1S/C28H23F6N5O3/c1-13-18(19-8-17(29)9-20(30)24(19)31)10-22(27(42)39(13)12-28(32,33)34)37-26(41)16-5-15-7-23(40)38-25-14(3-2-4-35-25)6-21(15)36-11-16/h2-5,8-9,11,13,18,22H,6-7,10,12H2,1H3,(H,37,41)(H,35,38,40)/t13-,18-,22+/m1/s1. The Balaban J connectivity index is 1.44. The van der Waals surface area contributed by atoms with Crippen LogP contribution in [0.4, 0.5) is 32.2 Å². The molecule has 1 saturated heterocycles. The molecule has 1 aromatic carbocycles. The third-order valence-corrected chi connectivity index (χ3v) is 7.40. The van der Waals surface area contributed by atoms with E-state index in [0.29, 0.717) is 46.1 Å². The maximum atomic E-state index is 14.7. The predicted molar refractivity (Wildman–Crippen MR) is 136 cm³/mol. The molecule has 220 valence electrons. The molecule has 2 aliphatic rings. The van der Waals surface area contributed by atoms with Crippen LogP contribution in [0.5, 0.6) is 0 Å². The minimum absolute atomic E-state index is 0.0816. The average Bonchev–Trinajstić information content (AvgIpc) is 2.90. The van der Waals surface area contributed by atoms with E-state index in [1.807, 2.05) is 0 Å². The highest BCUT2D eigenvalue weighted by Gasteiger charge is 2.46. The zero-order chi connectivity index (χ0) is 30.3. The van der Waals surface area contributed by atoms with Gasteiger partial charge in [-0.25, -0.2) is 18.2 Å². The van der Waals surface area contributed by atoms with Crippen molar-refractivity contribution in [3.8, 4) is 0 Å². The molecule has 2 N–H and O–H groups in total. The van der Waals surface area contributed by atoms with E-state index in [4.69, 9.17) is 0 Å². The molecule has 0 saturated carbocycles. The van der Waals surface area contributed by atoms with Gasteiger partial charge in [-0.3, -0.25) is 19.4 Å². The van der Waals surface area contributed by atoms with E-state index >= 15 is 0 Å². The molecule has 3 atom stereocenters. The van der Waals surface area contributed by atoms with Gasteiger partial charge in [0.2, 0.25) is 11.8 Å². The van der Waals surface area contributed by atoms with Crippen LogP contribution in [-0.2, 0) is 22.4 Å². The van der Waals surface area contributed by atoms with E-state index in [2.05, 4.69) is 20.6 Å². The number of likely N-dealkylation sites (tertiary alicyclic amines) is 1. The Hall–Kier alpha value is -4.49. The van der Waals surface area contributed by atoms with Crippen molar-refractivity contribution in [2.75, 3.05) is 11.9 Å². The SMILES string of the molecule is C[C@@H]1[C@H](c2cc(F)cc(F)c2F)C[C@H](NC(=O)c2cnc3c(c2)CC(=O)Nc2ncccc2C3)C(=O)N1CC(F)(F)F. The van der Waals surface area contributed by atoms with E-state index in [1.165, 1.54) is 25.4 Å². The van der Waals surface area contributed by atoms with Gasteiger partial charge in [-0.2, -0.15) is 13.2 Å².